The molecule has 0 aliphatic rings. The van der Waals surface area contributed by atoms with Gasteiger partial charge in [-0.25, -0.2) is 4.79 Å². The standard InChI is InChI=1S/C15H21NO5/c1-3-13(17)14(18)12(10-20-2)16-15(19)21-9-11-7-5-4-6-8-11/h3-8,12-14,17-18H,1,9-10H2,2H3,(H,16,19)/t12-,13-,14-/m1/s1. The third-order valence-corrected chi connectivity index (χ3v) is 2.87. The molecule has 0 aliphatic heterocycles. The van der Waals surface area contributed by atoms with Crippen LogP contribution in [-0.4, -0.2) is 48.3 Å². The van der Waals surface area contributed by atoms with Gasteiger partial charge < -0.3 is 25.0 Å². The maximum atomic E-state index is 11.7. The van der Waals surface area contributed by atoms with Crippen molar-refractivity contribution in [1.29, 1.82) is 0 Å². The zero-order valence-electron chi connectivity index (χ0n) is 11.9. The molecule has 1 amide bonds. The number of carbonyl (C=O) groups excluding carboxylic acids is 1. The molecule has 0 unspecified atom stereocenters. The summed E-state index contributed by atoms with van der Waals surface area (Å²) in [6.07, 6.45) is -1.91. The number of carbonyl (C=O) groups is 1. The predicted molar refractivity (Wildman–Crippen MR) is 77.6 cm³/mol. The molecule has 0 bridgehead atoms. The lowest BCUT2D eigenvalue weighted by Gasteiger charge is -2.25. The largest absolute Gasteiger partial charge is 0.445 e. The molecule has 0 radical (unpaired) electrons. The Hall–Kier alpha value is -1.89. The third-order valence-electron chi connectivity index (χ3n) is 2.87. The number of benzene rings is 1. The van der Waals surface area contributed by atoms with Gasteiger partial charge in [-0.2, -0.15) is 0 Å². The summed E-state index contributed by atoms with van der Waals surface area (Å²) in [5, 5.41) is 21.9. The Morgan fingerprint density at radius 3 is 2.62 bits per heavy atom. The van der Waals surface area contributed by atoms with Crippen molar-refractivity contribution in [3.8, 4) is 0 Å². The first-order valence-electron chi connectivity index (χ1n) is 6.53. The number of nitrogens with one attached hydrogen (secondary N) is 1. The van der Waals surface area contributed by atoms with E-state index < -0.39 is 24.3 Å². The summed E-state index contributed by atoms with van der Waals surface area (Å²) >= 11 is 0. The van der Waals surface area contributed by atoms with E-state index in [1.807, 2.05) is 30.3 Å². The van der Waals surface area contributed by atoms with E-state index in [1.54, 1.807) is 0 Å². The fourth-order valence-corrected chi connectivity index (χ4v) is 1.70. The molecule has 0 saturated carbocycles. The van der Waals surface area contributed by atoms with Crippen molar-refractivity contribution in [3.05, 3.63) is 48.6 Å². The summed E-state index contributed by atoms with van der Waals surface area (Å²) in [6, 6.07) is 8.41. The Bertz CT molecular complexity index is 437. The van der Waals surface area contributed by atoms with E-state index in [0.29, 0.717) is 0 Å². The summed E-state index contributed by atoms with van der Waals surface area (Å²) < 4.78 is 9.95. The van der Waals surface area contributed by atoms with E-state index in [4.69, 9.17) is 9.47 Å². The molecule has 0 spiro atoms. The Kier molecular flexibility index (Phi) is 7.45. The minimum Gasteiger partial charge on any atom is -0.445 e. The minimum atomic E-state index is -1.23. The maximum absolute atomic E-state index is 11.7. The van der Waals surface area contributed by atoms with Crippen molar-refractivity contribution >= 4 is 6.09 Å². The second kappa shape index (κ2) is 9.12. The van der Waals surface area contributed by atoms with Gasteiger partial charge >= 0.3 is 6.09 Å². The zero-order valence-corrected chi connectivity index (χ0v) is 11.9. The number of methoxy groups -OCH3 is 1. The van der Waals surface area contributed by atoms with Crippen LogP contribution in [0.5, 0.6) is 0 Å². The molecule has 0 aliphatic carbocycles. The number of aliphatic hydroxyl groups is 2. The molecule has 0 heterocycles. The number of hydrogen-bond donors (Lipinski definition) is 3. The fourth-order valence-electron chi connectivity index (χ4n) is 1.70. The normalized spacial score (nSPS) is 14.8. The van der Waals surface area contributed by atoms with Gasteiger partial charge in [-0.05, 0) is 5.56 Å². The van der Waals surface area contributed by atoms with E-state index in [1.165, 1.54) is 13.2 Å². The highest BCUT2D eigenvalue weighted by Gasteiger charge is 2.26. The van der Waals surface area contributed by atoms with Gasteiger partial charge in [0.15, 0.2) is 0 Å². The highest BCUT2D eigenvalue weighted by Crippen LogP contribution is 2.04. The summed E-state index contributed by atoms with van der Waals surface area (Å²) in [5.41, 5.74) is 0.850. The van der Waals surface area contributed by atoms with Crippen LogP contribution >= 0.6 is 0 Å². The number of ether oxygens (including phenoxy) is 2. The molecule has 0 fully saturated rings. The van der Waals surface area contributed by atoms with Crippen LogP contribution in [0.1, 0.15) is 5.56 Å². The lowest BCUT2D eigenvalue weighted by molar-refractivity contribution is -0.00102. The second-order valence-corrected chi connectivity index (χ2v) is 4.48. The molecule has 116 valence electrons. The van der Waals surface area contributed by atoms with Crippen molar-refractivity contribution in [2.45, 2.75) is 24.9 Å². The van der Waals surface area contributed by atoms with Crippen LogP contribution < -0.4 is 5.32 Å². The number of alkyl carbamates (subject to hydrolysis) is 1. The van der Waals surface area contributed by atoms with Crippen LogP contribution in [0, 0.1) is 0 Å². The molecule has 6 nitrogen and oxygen atoms in total. The third kappa shape index (κ3) is 5.95. The molecule has 1 aromatic carbocycles. The van der Waals surface area contributed by atoms with Crippen LogP contribution in [0.4, 0.5) is 4.79 Å². The van der Waals surface area contributed by atoms with Crippen LogP contribution in [-0.2, 0) is 16.1 Å². The summed E-state index contributed by atoms with van der Waals surface area (Å²) in [5.74, 6) is 0. The van der Waals surface area contributed by atoms with E-state index in [2.05, 4.69) is 11.9 Å². The van der Waals surface area contributed by atoms with Gasteiger partial charge in [-0.1, -0.05) is 36.4 Å². The molecule has 6 heteroatoms. The molecule has 3 atom stereocenters. The van der Waals surface area contributed by atoms with Gasteiger partial charge in [0, 0.05) is 7.11 Å². The first-order valence-corrected chi connectivity index (χ1v) is 6.53. The number of hydrogen-bond acceptors (Lipinski definition) is 5. The molecule has 0 saturated heterocycles. The molecular formula is C15H21NO5. The lowest BCUT2D eigenvalue weighted by Crippen LogP contribution is -2.50. The van der Waals surface area contributed by atoms with Crippen molar-refractivity contribution in [2.24, 2.45) is 0 Å². The van der Waals surface area contributed by atoms with Gasteiger partial charge in [-0.3, -0.25) is 0 Å². The molecule has 21 heavy (non-hydrogen) atoms. The van der Waals surface area contributed by atoms with Gasteiger partial charge in [0.25, 0.3) is 0 Å². The van der Waals surface area contributed by atoms with Crippen molar-refractivity contribution in [1.82, 2.24) is 5.32 Å². The smallest absolute Gasteiger partial charge is 0.407 e. The van der Waals surface area contributed by atoms with Gasteiger partial charge in [0.05, 0.1) is 18.8 Å². The fraction of sp³-hybridized carbons (Fsp3) is 0.400. The first kappa shape index (κ1) is 17.2. The van der Waals surface area contributed by atoms with E-state index >= 15 is 0 Å². The van der Waals surface area contributed by atoms with E-state index in [9.17, 15) is 15.0 Å². The summed E-state index contributed by atoms with van der Waals surface area (Å²) in [4.78, 5) is 11.7. The number of amides is 1. The minimum absolute atomic E-state index is 0.0342. The van der Waals surface area contributed by atoms with Crippen LogP contribution in [0.25, 0.3) is 0 Å². The van der Waals surface area contributed by atoms with Crippen molar-refractivity contribution < 1.29 is 24.5 Å². The molecule has 1 rings (SSSR count). The van der Waals surface area contributed by atoms with Gasteiger partial charge in [0.1, 0.15) is 12.7 Å². The predicted octanol–water partition coefficient (Wildman–Crippen LogP) is 0.836. The lowest BCUT2D eigenvalue weighted by atomic mass is 10.1. The average molecular weight is 295 g/mol. The molecule has 0 aromatic heterocycles. The van der Waals surface area contributed by atoms with E-state index in [0.717, 1.165) is 5.56 Å². The maximum Gasteiger partial charge on any atom is 0.407 e. The quantitative estimate of drug-likeness (QED) is 0.618. The van der Waals surface area contributed by atoms with E-state index in [-0.39, 0.29) is 13.2 Å². The second-order valence-electron chi connectivity index (χ2n) is 4.48. The zero-order chi connectivity index (χ0) is 15.7. The highest BCUT2D eigenvalue weighted by atomic mass is 16.5. The van der Waals surface area contributed by atoms with Crippen LogP contribution in [0.2, 0.25) is 0 Å². The van der Waals surface area contributed by atoms with Gasteiger partial charge in [-0.15, -0.1) is 6.58 Å². The van der Waals surface area contributed by atoms with Crippen molar-refractivity contribution in [3.63, 3.8) is 0 Å². The Balaban J connectivity index is 2.50. The monoisotopic (exact) mass is 295 g/mol. The number of aliphatic hydroxyl groups excluding tert-OH is 2. The van der Waals surface area contributed by atoms with Crippen LogP contribution in [0.15, 0.2) is 43.0 Å². The SMILES string of the molecule is C=C[C@@H](O)[C@H](O)[C@@H](COC)NC(=O)OCc1ccccc1. The summed E-state index contributed by atoms with van der Waals surface area (Å²) in [6.45, 7) is 3.54. The topological polar surface area (TPSA) is 88.0 Å². The van der Waals surface area contributed by atoms with Crippen molar-refractivity contribution in [2.75, 3.05) is 13.7 Å². The summed E-state index contributed by atoms with van der Waals surface area (Å²) in [7, 11) is 1.43. The Morgan fingerprint density at radius 2 is 2.05 bits per heavy atom. The highest BCUT2D eigenvalue weighted by molar-refractivity contribution is 5.67. The first-order chi connectivity index (χ1) is 10.1. The Labute approximate surface area is 124 Å². The average Bonchev–Trinajstić information content (AvgIpc) is 2.52. The number of rotatable bonds is 8. The van der Waals surface area contributed by atoms with Gasteiger partial charge in [0.2, 0.25) is 0 Å². The molecular weight excluding hydrogens is 274 g/mol. The molecule has 3 N–H and O–H groups in total. The van der Waals surface area contributed by atoms with Crippen LogP contribution in [0.3, 0.4) is 0 Å². The Morgan fingerprint density at radius 1 is 1.38 bits per heavy atom. The molecule has 1 aromatic rings.